The Morgan fingerprint density at radius 1 is 1.27 bits per heavy atom. The van der Waals surface area contributed by atoms with E-state index in [1.165, 1.54) is 10.5 Å². The van der Waals surface area contributed by atoms with Gasteiger partial charge < -0.3 is 14.6 Å². The second kappa shape index (κ2) is 8.65. The molecule has 0 bridgehead atoms. The fourth-order valence-corrected chi connectivity index (χ4v) is 4.64. The number of aromatic amines is 1. The molecule has 1 saturated heterocycles. The smallest absolute Gasteiger partial charge is 0.258 e. The van der Waals surface area contributed by atoms with Crippen LogP contribution in [0.5, 0.6) is 0 Å². The van der Waals surface area contributed by atoms with E-state index in [9.17, 15) is 4.79 Å². The SMILES string of the molecule is COCCn1nnnc1[C@@H](c1cc2cc(C)cc(C)c2[nH]c1=O)[NH+]1CCC(C)CC1. The normalized spacial score (nSPS) is 20.5. The Morgan fingerprint density at radius 2 is 2.03 bits per heavy atom. The number of H-pyrrole nitrogens is 1. The first kappa shape index (κ1) is 20.7. The maximum atomic E-state index is 13.3. The number of nitrogens with zero attached hydrogens (tertiary/aromatic N) is 4. The summed E-state index contributed by atoms with van der Waals surface area (Å²) in [6.07, 6.45) is 2.27. The molecule has 3 aromatic rings. The van der Waals surface area contributed by atoms with Gasteiger partial charge in [-0.25, -0.2) is 4.68 Å². The monoisotopic (exact) mass is 411 g/mol. The number of aromatic nitrogens is 5. The number of hydrogen-bond donors (Lipinski definition) is 2. The average Bonchev–Trinajstić information content (AvgIpc) is 3.17. The number of likely N-dealkylation sites (tertiary alicyclic amines) is 1. The third-order valence-corrected chi connectivity index (χ3v) is 6.28. The number of aryl methyl sites for hydroxylation is 2. The number of piperidine rings is 1. The van der Waals surface area contributed by atoms with Crippen molar-refractivity contribution in [3.05, 3.63) is 51.1 Å². The van der Waals surface area contributed by atoms with Crippen molar-refractivity contribution in [2.24, 2.45) is 5.92 Å². The first-order valence-electron chi connectivity index (χ1n) is 10.7. The lowest BCUT2D eigenvalue weighted by atomic mass is 9.95. The molecule has 0 unspecified atom stereocenters. The van der Waals surface area contributed by atoms with Gasteiger partial charge in [0.15, 0.2) is 6.04 Å². The van der Waals surface area contributed by atoms with Crippen LogP contribution in [0.15, 0.2) is 23.0 Å². The van der Waals surface area contributed by atoms with Crippen molar-refractivity contribution >= 4 is 10.9 Å². The van der Waals surface area contributed by atoms with Gasteiger partial charge in [-0.05, 0) is 66.1 Å². The highest BCUT2D eigenvalue weighted by Gasteiger charge is 2.36. The van der Waals surface area contributed by atoms with Crippen molar-refractivity contribution in [3.8, 4) is 0 Å². The molecule has 1 aromatic carbocycles. The van der Waals surface area contributed by atoms with E-state index in [1.807, 2.05) is 13.0 Å². The minimum atomic E-state index is -0.210. The molecule has 3 heterocycles. The summed E-state index contributed by atoms with van der Waals surface area (Å²) in [5.74, 6) is 1.44. The molecule has 8 nitrogen and oxygen atoms in total. The van der Waals surface area contributed by atoms with Crippen LogP contribution in [0, 0.1) is 19.8 Å². The van der Waals surface area contributed by atoms with Gasteiger partial charge in [-0.3, -0.25) is 4.79 Å². The fraction of sp³-hybridized carbons (Fsp3) is 0.545. The van der Waals surface area contributed by atoms with Gasteiger partial charge in [0.25, 0.3) is 5.56 Å². The molecule has 8 heteroatoms. The van der Waals surface area contributed by atoms with Gasteiger partial charge in [0.1, 0.15) is 0 Å². The van der Waals surface area contributed by atoms with E-state index in [1.54, 1.807) is 11.8 Å². The number of fused-ring (bicyclic) bond motifs is 1. The number of benzene rings is 1. The van der Waals surface area contributed by atoms with Crippen molar-refractivity contribution in [3.63, 3.8) is 0 Å². The minimum absolute atomic E-state index is 0.0631. The Labute approximate surface area is 176 Å². The molecule has 4 rings (SSSR count). The summed E-state index contributed by atoms with van der Waals surface area (Å²) < 4.78 is 7.01. The third kappa shape index (κ3) is 4.02. The van der Waals surface area contributed by atoms with Crippen LogP contribution in [0.3, 0.4) is 0 Å². The van der Waals surface area contributed by atoms with Crippen LogP contribution in [-0.4, -0.2) is 52.0 Å². The Kier molecular flexibility index (Phi) is 5.97. The Morgan fingerprint density at radius 3 is 2.77 bits per heavy atom. The summed E-state index contributed by atoms with van der Waals surface area (Å²) in [5, 5.41) is 13.5. The molecule has 30 heavy (non-hydrogen) atoms. The van der Waals surface area contributed by atoms with Gasteiger partial charge in [0, 0.05) is 7.11 Å². The minimum Gasteiger partial charge on any atom is -0.383 e. The molecule has 1 atom stereocenters. The van der Waals surface area contributed by atoms with Crippen LogP contribution in [0.1, 0.15) is 48.3 Å². The molecule has 2 aromatic heterocycles. The second-order valence-corrected chi connectivity index (χ2v) is 8.63. The lowest BCUT2D eigenvalue weighted by Gasteiger charge is -2.33. The van der Waals surface area contributed by atoms with E-state index in [0.717, 1.165) is 53.8 Å². The number of nitrogens with one attached hydrogen (secondary N) is 2. The van der Waals surface area contributed by atoms with Gasteiger partial charge in [0.2, 0.25) is 5.82 Å². The Balaban J connectivity index is 1.85. The first-order valence-corrected chi connectivity index (χ1v) is 10.7. The molecule has 0 saturated carbocycles. The van der Waals surface area contributed by atoms with E-state index in [2.05, 4.69) is 46.5 Å². The second-order valence-electron chi connectivity index (χ2n) is 8.63. The van der Waals surface area contributed by atoms with Crippen molar-refractivity contribution in [1.82, 2.24) is 25.2 Å². The number of rotatable bonds is 6. The van der Waals surface area contributed by atoms with E-state index in [4.69, 9.17) is 4.74 Å². The van der Waals surface area contributed by atoms with Crippen LogP contribution in [0.4, 0.5) is 0 Å². The highest BCUT2D eigenvalue weighted by Crippen LogP contribution is 2.22. The van der Waals surface area contributed by atoms with Crippen molar-refractivity contribution < 1.29 is 9.64 Å². The quantitative estimate of drug-likeness (QED) is 0.636. The van der Waals surface area contributed by atoms with Crippen LogP contribution in [0.25, 0.3) is 10.9 Å². The lowest BCUT2D eigenvalue weighted by Crippen LogP contribution is -3.13. The zero-order valence-corrected chi connectivity index (χ0v) is 18.2. The maximum Gasteiger partial charge on any atom is 0.258 e. The van der Waals surface area contributed by atoms with Crippen LogP contribution < -0.4 is 10.5 Å². The van der Waals surface area contributed by atoms with Crippen molar-refractivity contribution in [1.29, 1.82) is 0 Å². The Bertz CT molecular complexity index is 1080. The van der Waals surface area contributed by atoms with Crippen LogP contribution in [-0.2, 0) is 11.3 Å². The molecule has 0 aliphatic carbocycles. The molecule has 1 aliphatic rings. The largest absolute Gasteiger partial charge is 0.383 e. The molecule has 0 amide bonds. The van der Waals surface area contributed by atoms with Crippen LogP contribution in [0.2, 0.25) is 0 Å². The average molecular weight is 412 g/mol. The van der Waals surface area contributed by atoms with Crippen molar-refractivity contribution in [2.75, 3.05) is 26.8 Å². The van der Waals surface area contributed by atoms with E-state index < -0.39 is 0 Å². The number of methoxy groups -OCH3 is 1. The summed E-state index contributed by atoms with van der Waals surface area (Å²) in [5.41, 5.74) is 3.82. The summed E-state index contributed by atoms with van der Waals surface area (Å²) in [6, 6.07) is 6.05. The molecule has 160 valence electrons. The predicted molar refractivity (Wildman–Crippen MR) is 115 cm³/mol. The van der Waals surface area contributed by atoms with Gasteiger partial charge >= 0.3 is 0 Å². The first-order chi connectivity index (χ1) is 14.5. The van der Waals surface area contributed by atoms with Crippen molar-refractivity contribution in [2.45, 2.75) is 46.2 Å². The summed E-state index contributed by atoms with van der Waals surface area (Å²) in [7, 11) is 1.66. The predicted octanol–water partition coefficient (Wildman–Crippen LogP) is 1.18. The molecule has 0 radical (unpaired) electrons. The standard InChI is InChI=1S/C22H30N6O2/c1-14-5-7-27(8-6-14)20(21-24-25-26-28(21)9-10-30-4)18-13-17-12-15(2)11-16(3)19(17)23-22(18)29/h11-14,20H,5-10H2,1-4H3,(H,23,29)/p+1/t20-/m1/s1. The van der Waals surface area contributed by atoms with E-state index in [-0.39, 0.29) is 11.6 Å². The van der Waals surface area contributed by atoms with Gasteiger partial charge in [0.05, 0.1) is 37.3 Å². The molecular weight excluding hydrogens is 380 g/mol. The highest BCUT2D eigenvalue weighted by molar-refractivity contribution is 5.83. The number of pyridine rings is 1. The van der Waals surface area contributed by atoms with Gasteiger partial charge in [-0.2, -0.15) is 0 Å². The molecule has 0 spiro atoms. The Hall–Kier alpha value is -2.58. The topological polar surface area (TPSA) is 90.1 Å². The van der Waals surface area contributed by atoms with Gasteiger partial charge in [-0.15, -0.1) is 5.10 Å². The summed E-state index contributed by atoms with van der Waals surface area (Å²) in [6.45, 7) is 9.47. The zero-order valence-electron chi connectivity index (χ0n) is 18.2. The molecule has 1 aliphatic heterocycles. The number of quaternary nitrogens is 1. The zero-order chi connectivity index (χ0) is 21.3. The fourth-order valence-electron chi connectivity index (χ4n) is 4.64. The number of ether oxygens (including phenoxy) is 1. The van der Waals surface area contributed by atoms with Gasteiger partial charge in [-0.1, -0.05) is 18.6 Å². The molecule has 1 fully saturated rings. The number of hydrogen-bond acceptors (Lipinski definition) is 5. The highest BCUT2D eigenvalue weighted by atomic mass is 16.5. The van der Waals surface area contributed by atoms with Crippen LogP contribution >= 0.6 is 0 Å². The summed E-state index contributed by atoms with van der Waals surface area (Å²) >= 11 is 0. The third-order valence-electron chi connectivity index (χ3n) is 6.28. The number of tetrazole rings is 1. The molecular formula is C22H31N6O2+. The maximum absolute atomic E-state index is 13.3. The molecule has 2 N–H and O–H groups in total. The summed E-state index contributed by atoms with van der Waals surface area (Å²) in [4.78, 5) is 17.7. The van der Waals surface area contributed by atoms with E-state index in [0.29, 0.717) is 19.1 Å². The van der Waals surface area contributed by atoms with E-state index >= 15 is 0 Å². The lowest BCUT2D eigenvalue weighted by molar-refractivity contribution is -0.932.